The molecule has 1 amide bonds. The SMILES string of the molecule is CCc1cc(C(=O)O)c(OCCO)c(C)c1N1C(=O)CSC1c1ccc(F)cc1. The highest BCUT2D eigenvalue weighted by atomic mass is 32.2. The van der Waals surface area contributed by atoms with Crippen molar-refractivity contribution in [2.75, 3.05) is 23.9 Å². The number of hydrogen-bond donors (Lipinski definition) is 2. The fourth-order valence-electron chi connectivity index (χ4n) is 3.50. The summed E-state index contributed by atoms with van der Waals surface area (Å²) in [5.74, 6) is -1.21. The number of carbonyl (C=O) groups excluding carboxylic acids is 1. The Morgan fingerprint density at radius 1 is 1.34 bits per heavy atom. The van der Waals surface area contributed by atoms with Crippen molar-refractivity contribution in [3.8, 4) is 5.75 Å². The predicted octanol–water partition coefficient (Wildman–Crippen LogP) is 3.54. The van der Waals surface area contributed by atoms with Crippen LogP contribution < -0.4 is 9.64 Å². The second-order valence-electron chi connectivity index (χ2n) is 6.60. The van der Waals surface area contributed by atoms with E-state index in [9.17, 15) is 19.1 Å². The van der Waals surface area contributed by atoms with Gasteiger partial charge in [0.1, 0.15) is 29.1 Å². The van der Waals surface area contributed by atoms with E-state index in [1.54, 1.807) is 24.0 Å². The van der Waals surface area contributed by atoms with Gasteiger partial charge < -0.3 is 14.9 Å². The summed E-state index contributed by atoms with van der Waals surface area (Å²) in [6.45, 7) is 3.28. The molecule has 0 saturated carbocycles. The molecular formula is C21H22FNO5S. The monoisotopic (exact) mass is 419 g/mol. The van der Waals surface area contributed by atoms with Gasteiger partial charge in [-0.15, -0.1) is 11.8 Å². The molecule has 1 fully saturated rings. The summed E-state index contributed by atoms with van der Waals surface area (Å²) in [7, 11) is 0. The van der Waals surface area contributed by atoms with E-state index in [1.165, 1.54) is 30.0 Å². The van der Waals surface area contributed by atoms with Gasteiger partial charge in [-0.25, -0.2) is 9.18 Å². The molecule has 8 heteroatoms. The van der Waals surface area contributed by atoms with Crippen molar-refractivity contribution in [2.45, 2.75) is 25.6 Å². The van der Waals surface area contributed by atoms with Crippen LogP contribution in [0.1, 0.15) is 39.3 Å². The van der Waals surface area contributed by atoms with Crippen LogP contribution in [0.2, 0.25) is 0 Å². The number of ether oxygens (including phenoxy) is 1. The van der Waals surface area contributed by atoms with Gasteiger partial charge >= 0.3 is 5.97 Å². The smallest absolute Gasteiger partial charge is 0.339 e. The first-order chi connectivity index (χ1) is 13.9. The minimum Gasteiger partial charge on any atom is -0.490 e. The molecule has 2 N–H and O–H groups in total. The van der Waals surface area contributed by atoms with Crippen LogP contribution in [0.4, 0.5) is 10.1 Å². The zero-order chi connectivity index (χ0) is 21.1. The van der Waals surface area contributed by atoms with Crippen molar-refractivity contribution >= 4 is 29.3 Å². The lowest BCUT2D eigenvalue weighted by molar-refractivity contribution is -0.115. The Morgan fingerprint density at radius 3 is 2.62 bits per heavy atom. The van der Waals surface area contributed by atoms with Gasteiger partial charge in [0.05, 0.1) is 18.0 Å². The van der Waals surface area contributed by atoms with Gasteiger partial charge in [-0.3, -0.25) is 9.69 Å². The van der Waals surface area contributed by atoms with E-state index in [-0.39, 0.29) is 47.4 Å². The first-order valence-electron chi connectivity index (χ1n) is 9.21. The minimum absolute atomic E-state index is 0.00539. The lowest BCUT2D eigenvalue weighted by atomic mass is 9.98. The standard InChI is InChI=1S/C21H22FNO5S/c1-3-13-10-16(21(26)27)19(28-9-8-24)12(2)18(13)23-17(25)11-29-20(23)14-4-6-15(22)7-5-14/h4-7,10,20,24H,3,8-9,11H2,1-2H3,(H,26,27). The summed E-state index contributed by atoms with van der Waals surface area (Å²) in [4.78, 5) is 26.2. The number of nitrogens with zero attached hydrogens (tertiary/aromatic N) is 1. The Labute approximate surface area is 172 Å². The average molecular weight is 419 g/mol. The maximum Gasteiger partial charge on any atom is 0.339 e. The third-order valence-corrected chi connectivity index (χ3v) is 5.99. The summed E-state index contributed by atoms with van der Waals surface area (Å²) in [5, 5.41) is 18.4. The van der Waals surface area contributed by atoms with Gasteiger partial charge in [0.15, 0.2) is 0 Å². The minimum atomic E-state index is -1.14. The number of aliphatic hydroxyl groups excluding tert-OH is 1. The molecule has 6 nitrogen and oxygen atoms in total. The molecule has 0 aliphatic carbocycles. The second kappa shape index (κ2) is 8.84. The highest BCUT2D eigenvalue weighted by Gasteiger charge is 2.37. The third kappa shape index (κ3) is 4.09. The largest absolute Gasteiger partial charge is 0.490 e. The van der Waals surface area contributed by atoms with Gasteiger partial charge in [0.2, 0.25) is 5.91 Å². The van der Waals surface area contributed by atoms with Crippen molar-refractivity contribution in [1.29, 1.82) is 0 Å². The number of amides is 1. The molecule has 3 rings (SSSR count). The molecule has 2 aromatic carbocycles. The number of benzene rings is 2. The fourth-order valence-corrected chi connectivity index (χ4v) is 4.66. The van der Waals surface area contributed by atoms with Gasteiger partial charge in [-0.2, -0.15) is 0 Å². The molecule has 0 radical (unpaired) electrons. The Hall–Kier alpha value is -2.58. The number of anilines is 1. The molecule has 1 heterocycles. The first-order valence-corrected chi connectivity index (χ1v) is 10.3. The molecule has 0 spiro atoms. The molecular weight excluding hydrogens is 397 g/mol. The Morgan fingerprint density at radius 2 is 2.03 bits per heavy atom. The van der Waals surface area contributed by atoms with E-state index in [0.29, 0.717) is 23.2 Å². The molecule has 29 heavy (non-hydrogen) atoms. The van der Waals surface area contributed by atoms with Gasteiger partial charge in [-0.1, -0.05) is 19.1 Å². The number of carboxylic acid groups (broad SMARTS) is 1. The molecule has 0 aromatic heterocycles. The Bertz CT molecular complexity index is 932. The van der Waals surface area contributed by atoms with Crippen LogP contribution in [0.5, 0.6) is 5.75 Å². The average Bonchev–Trinajstić information content (AvgIpc) is 3.07. The van der Waals surface area contributed by atoms with Gasteiger partial charge in [-0.05, 0) is 42.7 Å². The number of carboxylic acids is 1. The predicted molar refractivity (Wildman–Crippen MR) is 109 cm³/mol. The number of hydrogen-bond acceptors (Lipinski definition) is 5. The van der Waals surface area contributed by atoms with E-state index >= 15 is 0 Å². The zero-order valence-corrected chi connectivity index (χ0v) is 17.0. The maximum absolute atomic E-state index is 13.4. The third-order valence-electron chi connectivity index (χ3n) is 4.78. The second-order valence-corrected chi connectivity index (χ2v) is 7.66. The summed E-state index contributed by atoms with van der Waals surface area (Å²) >= 11 is 1.43. The summed E-state index contributed by atoms with van der Waals surface area (Å²) in [6, 6.07) is 7.53. The number of aliphatic hydroxyl groups is 1. The first kappa shape index (κ1) is 21.1. The molecule has 1 aliphatic rings. The van der Waals surface area contributed by atoms with Crippen LogP contribution in [-0.4, -0.2) is 41.1 Å². The molecule has 1 atom stereocenters. The molecule has 154 valence electrons. The molecule has 1 saturated heterocycles. The van der Waals surface area contributed by atoms with Crippen molar-refractivity contribution in [3.63, 3.8) is 0 Å². The van der Waals surface area contributed by atoms with Crippen LogP contribution in [0, 0.1) is 12.7 Å². The summed E-state index contributed by atoms with van der Waals surface area (Å²) < 4.78 is 18.9. The summed E-state index contributed by atoms with van der Waals surface area (Å²) in [6.07, 6.45) is 0.515. The molecule has 1 aliphatic heterocycles. The van der Waals surface area contributed by atoms with Crippen LogP contribution in [0.15, 0.2) is 30.3 Å². The molecule has 0 bridgehead atoms. The quantitative estimate of drug-likeness (QED) is 0.714. The van der Waals surface area contributed by atoms with E-state index in [4.69, 9.17) is 9.84 Å². The van der Waals surface area contributed by atoms with E-state index in [2.05, 4.69) is 0 Å². The lowest BCUT2D eigenvalue weighted by Crippen LogP contribution is -2.30. The van der Waals surface area contributed by atoms with Crippen molar-refractivity contribution < 1.29 is 28.9 Å². The Kier molecular flexibility index (Phi) is 6.44. The van der Waals surface area contributed by atoms with E-state index in [0.717, 1.165) is 5.56 Å². The normalized spacial score (nSPS) is 16.3. The van der Waals surface area contributed by atoms with Gasteiger partial charge in [0, 0.05) is 5.56 Å². The Balaban J connectivity index is 2.17. The fraction of sp³-hybridized carbons (Fsp3) is 0.333. The zero-order valence-electron chi connectivity index (χ0n) is 16.1. The number of aryl methyl sites for hydroxylation is 1. The number of rotatable bonds is 7. The number of carbonyl (C=O) groups is 2. The molecule has 2 aromatic rings. The van der Waals surface area contributed by atoms with E-state index < -0.39 is 5.97 Å². The maximum atomic E-state index is 13.4. The van der Waals surface area contributed by atoms with Crippen LogP contribution in [0.3, 0.4) is 0 Å². The summed E-state index contributed by atoms with van der Waals surface area (Å²) in [5.41, 5.74) is 2.62. The number of aromatic carboxylic acids is 1. The van der Waals surface area contributed by atoms with Gasteiger partial charge in [0.25, 0.3) is 0 Å². The van der Waals surface area contributed by atoms with Crippen LogP contribution in [0.25, 0.3) is 0 Å². The van der Waals surface area contributed by atoms with Crippen molar-refractivity contribution in [3.05, 3.63) is 58.4 Å². The van der Waals surface area contributed by atoms with E-state index in [1.807, 2.05) is 6.92 Å². The van der Waals surface area contributed by atoms with Crippen molar-refractivity contribution in [1.82, 2.24) is 0 Å². The molecule has 1 unspecified atom stereocenters. The topological polar surface area (TPSA) is 87.1 Å². The highest BCUT2D eigenvalue weighted by Crippen LogP contribution is 2.46. The number of thioether (sulfide) groups is 1. The van der Waals surface area contributed by atoms with Crippen LogP contribution in [-0.2, 0) is 11.2 Å². The van der Waals surface area contributed by atoms with Crippen molar-refractivity contribution in [2.24, 2.45) is 0 Å². The van der Waals surface area contributed by atoms with Crippen LogP contribution >= 0.6 is 11.8 Å². The number of halogens is 1. The lowest BCUT2D eigenvalue weighted by Gasteiger charge is -2.29. The highest BCUT2D eigenvalue weighted by molar-refractivity contribution is 8.00.